The van der Waals surface area contributed by atoms with Crippen molar-refractivity contribution in [3.8, 4) is 11.3 Å². The third-order valence-corrected chi connectivity index (χ3v) is 3.55. The molecular formula is C15H18N4. The van der Waals surface area contributed by atoms with Gasteiger partial charge in [0.25, 0.3) is 0 Å². The summed E-state index contributed by atoms with van der Waals surface area (Å²) in [6.07, 6.45) is 8.94. The minimum Gasteiger partial charge on any atom is -0.316 e. The summed E-state index contributed by atoms with van der Waals surface area (Å²) in [5.41, 5.74) is 2.08. The first-order chi connectivity index (χ1) is 9.42. The monoisotopic (exact) mass is 254 g/mol. The minimum absolute atomic E-state index is 0.668. The molecule has 1 N–H and O–H groups in total. The summed E-state index contributed by atoms with van der Waals surface area (Å²) in [5, 5.41) is 3.44. The standard InChI is InChI=1S/C15H18N4/c1-2-12(11-17-6-1)10-15-18-9-5-14(19-15)13-3-7-16-8-4-13/h3-5,7-9,12,17H,1-2,6,10-11H2. The first kappa shape index (κ1) is 12.2. The molecule has 0 amide bonds. The minimum atomic E-state index is 0.668. The lowest BCUT2D eigenvalue weighted by Crippen LogP contribution is -2.31. The van der Waals surface area contributed by atoms with Crippen LogP contribution in [0.5, 0.6) is 0 Å². The van der Waals surface area contributed by atoms with Gasteiger partial charge in [0.2, 0.25) is 0 Å². The Kier molecular flexibility index (Phi) is 3.79. The molecule has 1 aliphatic heterocycles. The van der Waals surface area contributed by atoms with Crippen molar-refractivity contribution in [1.82, 2.24) is 20.3 Å². The van der Waals surface area contributed by atoms with E-state index >= 15 is 0 Å². The highest BCUT2D eigenvalue weighted by atomic mass is 14.9. The van der Waals surface area contributed by atoms with Crippen molar-refractivity contribution in [2.24, 2.45) is 5.92 Å². The fourth-order valence-corrected chi connectivity index (χ4v) is 2.54. The van der Waals surface area contributed by atoms with Gasteiger partial charge < -0.3 is 5.32 Å². The Hall–Kier alpha value is -1.81. The molecule has 2 aromatic rings. The van der Waals surface area contributed by atoms with E-state index in [0.717, 1.165) is 36.6 Å². The zero-order valence-corrected chi connectivity index (χ0v) is 10.9. The van der Waals surface area contributed by atoms with Gasteiger partial charge in [-0.05, 0) is 50.0 Å². The number of hydrogen-bond donors (Lipinski definition) is 1. The molecule has 4 nitrogen and oxygen atoms in total. The van der Waals surface area contributed by atoms with Gasteiger partial charge in [-0.2, -0.15) is 0 Å². The van der Waals surface area contributed by atoms with Gasteiger partial charge in [0.05, 0.1) is 5.69 Å². The highest BCUT2D eigenvalue weighted by Gasteiger charge is 2.15. The molecule has 0 saturated carbocycles. The summed E-state index contributed by atoms with van der Waals surface area (Å²) in [7, 11) is 0. The summed E-state index contributed by atoms with van der Waals surface area (Å²) in [6, 6.07) is 5.92. The largest absolute Gasteiger partial charge is 0.316 e. The maximum atomic E-state index is 4.67. The molecule has 1 atom stereocenters. The third kappa shape index (κ3) is 3.15. The number of rotatable bonds is 3. The SMILES string of the molecule is c1cc(-c2ccnc(CC3CCCNC3)n2)ccn1. The normalized spacial score (nSPS) is 19.3. The average molecular weight is 254 g/mol. The fourth-order valence-electron chi connectivity index (χ4n) is 2.54. The lowest BCUT2D eigenvalue weighted by molar-refractivity contribution is 0.371. The van der Waals surface area contributed by atoms with Gasteiger partial charge in [-0.15, -0.1) is 0 Å². The lowest BCUT2D eigenvalue weighted by atomic mass is 9.96. The van der Waals surface area contributed by atoms with E-state index in [1.54, 1.807) is 12.4 Å². The van der Waals surface area contributed by atoms with Gasteiger partial charge in [0.15, 0.2) is 0 Å². The van der Waals surface area contributed by atoms with E-state index in [1.807, 2.05) is 24.4 Å². The molecule has 3 heterocycles. The van der Waals surface area contributed by atoms with Gasteiger partial charge in [0.1, 0.15) is 5.82 Å². The van der Waals surface area contributed by atoms with Crippen LogP contribution in [0.4, 0.5) is 0 Å². The Morgan fingerprint density at radius 1 is 1.16 bits per heavy atom. The van der Waals surface area contributed by atoms with E-state index < -0.39 is 0 Å². The van der Waals surface area contributed by atoms with E-state index in [-0.39, 0.29) is 0 Å². The van der Waals surface area contributed by atoms with Gasteiger partial charge in [0, 0.05) is 30.6 Å². The van der Waals surface area contributed by atoms with E-state index in [1.165, 1.54) is 12.8 Å². The predicted octanol–water partition coefficient (Wildman–Crippen LogP) is 2.08. The molecule has 98 valence electrons. The number of nitrogens with zero attached hydrogens (tertiary/aromatic N) is 3. The predicted molar refractivity (Wildman–Crippen MR) is 74.6 cm³/mol. The third-order valence-electron chi connectivity index (χ3n) is 3.55. The molecule has 1 unspecified atom stereocenters. The van der Waals surface area contributed by atoms with Crippen molar-refractivity contribution < 1.29 is 0 Å². The van der Waals surface area contributed by atoms with Crippen LogP contribution in [0.1, 0.15) is 18.7 Å². The Morgan fingerprint density at radius 2 is 2.05 bits per heavy atom. The second kappa shape index (κ2) is 5.89. The van der Waals surface area contributed by atoms with Crippen LogP contribution in [0.3, 0.4) is 0 Å². The van der Waals surface area contributed by atoms with E-state index in [2.05, 4.69) is 20.3 Å². The van der Waals surface area contributed by atoms with Gasteiger partial charge >= 0.3 is 0 Å². The molecule has 0 spiro atoms. The molecule has 0 aromatic carbocycles. The zero-order chi connectivity index (χ0) is 12.9. The zero-order valence-electron chi connectivity index (χ0n) is 10.9. The number of aromatic nitrogens is 3. The molecular weight excluding hydrogens is 236 g/mol. The van der Waals surface area contributed by atoms with Crippen molar-refractivity contribution in [2.45, 2.75) is 19.3 Å². The topological polar surface area (TPSA) is 50.7 Å². The van der Waals surface area contributed by atoms with E-state index in [0.29, 0.717) is 5.92 Å². The molecule has 3 rings (SSSR count). The van der Waals surface area contributed by atoms with Crippen LogP contribution in [0.2, 0.25) is 0 Å². The quantitative estimate of drug-likeness (QED) is 0.911. The van der Waals surface area contributed by atoms with Crippen LogP contribution in [-0.4, -0.2) is 28.0 Å². The Labute approximate surface area is 113 Å². The summed E-state index contributed by atoms with van der Waals surface area (Å²) in [5.74, 6) is 1.62. The summed E-state index contributed by atoms with van der Waals surface area (Å²) >= 11 is 0. The summed E-state index contributed by atoms with van der Waals surface area (Å²) in [6.45, 7) is 2.23. The van der Waals surface area contributed by atoms with Crippen LogP contribution in [0.25, 0.3) is 11.3 Å². The second-order valence-electron chi connectivity index (χ2n) is 5.01. The van der Waals surface area contributed by atoms with Crippen molar-refractivity contribution in [2.75, 3.05) is 13.1 Å². The van der Waals surface area contributed by atoms with E-state index in [4.69, 9.17) is 0 Å². The van der Waals surface area contributed by atoms with Crippen molar-refractivity contribution in [3.63, 3.8) is 0 Å². The molecule has 0 aliphatic carbocycles. The van der Waals surface area contributed by atoms with Gasteiger partial charge in [-0.25, -0.2) is 9.97 Å². The number of hydrogen-bond acceptors (Lipinski definition) is 4. The number of nitrogens with one attached hydrogen (secondary N) is 1. The first-order valence-corrected chi connectivity index (χ1v) is 6.85. The highest BCUT2D eigenvalue weighted by molar-refractivity contribution is 5.57. The molecule has 0 radical (unpaired) electrons. The lowest BCUT2D eigenvalue weighted by Gasteiger charge is -2.21. The molecule has 1 fully saturated rings. The van der Waals surface area contributed by atoms with Crippen LogP contribution >= 0.6 is 0 Å². The van der Waals surface area contributed by atoms with Crippen molar-refractivity contribution in [3.05, 3.63) is 42.6 Å². The van der Waals surface area contributed by atoms with Crippen LogP contribution in [0.15, 0.2) is 36.8 Å². The van der Waals surface area contributed by atoms with Crippen molar-refractivity contribution >= 4 is 0 Å². The Bertz CT molecular complexity index is 521. The molecule has 2 aromatic heterocycles. The number of piperidine rings is 1. The van der Waals surface area contributed by atoms with Crippen molar-refractivity contribution in [1.29, 1.82) is 0 Å². The molecule has 0 bridgehead atoms. The van der Waals surface area contributed by atoms with E-state index in [9.17, 15) is 0 Å². The first-order valence-electron chi connectivity index (χ1n) is 6.85. The van der Waals surface area contributed by atoms with Crippen LogP contribution < -0.4 is 5.32 Å². The highest BCUT2D eigenvalue weighted by Crippen LogP contribution is 2.18. The Morgan fingerprint density at radius 3 is 2.84 bits per heavy atom. The molecule has 4 heteroatoms. The smallest absolute Gasteiger partial charge is 0.129 e. The Balaban J connectivity index is 1.76. The second-order valence-corrected chi connectivity index (χ2v) is 5.01. The summed E-state index contributed by atoms with van der Waals surface area (Å²) in [4.78, 5) is 13.1. The fraction of sp³-hybridized carbons (Fsp3) is 0.400. The average Bonchev–Trinajstić information content (AvgIpc) is 2.49. The molecule has 19 heavy (non-hydrogen) atoms. The number of pyridine rings is 1. The maximum absolute atomic E-state index is 4.67. The van der Waals surface area contributed by atoms with Crippen LogP contribution in [0, 0.1) is 5.92 Å². The van der Waals surface area contributed by atoms with Gasteiger partial charge in [-0.3, -0.25) is 4.98 Å². The maximum Gasteiger partial charge on any atom is 0.129 e. The van der Waals surface area contributed by atoms with Gasteiger partial charge in [-0.1, -0.05) is 0 Å². The summed E-state index contributed by atoms with van der Waals surface area (Å²) < 4.78 is 0. The molecule has 1 aliphatic rings. The molecule has 1 saturated heterocycles. The van der Waals surface area contributed by atoms with Crippen LogP contribution in [-0.2, 0) is 6.42 Å².